The van der Waals surface area contributed by atoms with Crippen molar-refractivity contribution in [1.29, 1.82) is 0 Å². The van der Waals surface area contributed by atoms with E-state index >= 15 is 0 Å². The average Bonchev–Trinajstić information content (AvgIpc) is 3.43. The van der Waals surface area contributed by atoms with E-state index in [2.05, 4.69) is 66.1 Å². The van der Waals surface area contributed by atoms with Crippen LogP contribution in [-0.2, 0) is 6.42 Å². The number of thioether (sulfide) groups is 1. The summed E-state index contributed by atoms with van der Waals surface area (Å²) in [4.78, 5) is 2.61. The van der Waals surface area contributed by atoms with Gasteiger partial charge in [-0.15, -0.1) is 0 Å². The Labute approximate surface area is 187 Å². The van der Waals surface area contributed by atoms with Gasteiger partial charge in [0.25, 0.3) is 0 Å². The number of nitrogens with zero attached hydrogens (tertiary/aromatic N) is 1. The number of aliphatic hydroxyl groups excluding tert-OH is 1. The minimum absolute atomic E-state index is 0.150. The number of rotatable bonds is 10. The van der Waals surface area contributed by atoms with Gasteiger partial charge in [-0.2, -0.15) is 11.8 Å². The zero-order chi connectivity index (χ0) is 20.8. The fourth-order valence-electron chi connectivity index (χ4n) is 5.67. The molecule has 1 aromatic rings. The van der Waals surface area contributed by atoms with Crippen LogP contribution in [0.3, 0.4) is 0 Å². The third-order valence-corrected chi connectivity index (χ3v) is 8.27. The van der Waals surface area contributed by atoms with Crippen molar-refractivity contribution >= 4 is 11.8 Å². The molecule has 3 heteroatoms. The molecule has 1 N–H and O–H groups in total. The van der Waals surface area contributed by atoms with Crippen molar-refractivity contribution in [2.24, 2.45) is 17.8 Å². The molecule has 3 aliphatic rings. The topological polar surface area (TPSA) is 23.5 Å². The zero-order valence-corrected chi connectivity index (χ0v) is 19.5. The van der Waals surface area contributed by atoms with Crippen molar-refractivity contribution < 1.29 is 5.11 Å². The van der Waals surface area contributed by atoms with Crippen LogP contribution in [-0.4, -0.2) is 47.3 Å². The first-order chi connectivity index (χ1) is 14.7. The predicted molar refractivity (Wildman–Crippen MR) is 130 cm³/mol. The molecule has 30 heavy (non-hydrogen) atoms. The fourth-order valence-corrected chi connectivity index (χ4v) is 6.66. The van der Waals surface area contributed by atoms with Crippen molar-refractivity contribution in [2.75, 3.05) is 31.1 Å². The molecule has 0 unspecified atom stereocenters. The Morgan fingerprint density at radius 1 is 1.17 bits per heavy atom. The van der Waals surface area contributed by atoms with Crippen LogP contribution in [0.4, 0.5) is 0 Å². The number of likely N-dealkylation sites (tertiary alicyclic amines) is 1. The molecule has 0 radical (unpaired) electrons. The van der Waals surface area contributed by atoms with Crippen molar-refractivity contribution in [3.63, 3.8) is 0 Å². The highest BCUT2D eigenvalue weighted by Gasteiger charge is 2.43. The van der Waals surface area contributed by atoms with Crippen LogP contribution < -0.4 is 0 Å². The first-order valence-electron chi connectivity index (χ1n) is 12.1. The first kappa shape index (κ1) is 22.2. The highest BCUT2D eigenvalue weighted by molar-refractivity contribution is 7.99. The third-order valence-electron chi connectivity index (χ3n) is 7.31. The number of benzene rings is 1. The molecule has 2 aliphatic carbocycles. The predicted octanol–water partition coefficient (Wildman–Crippen LogP) is 5.65. The van der Waals surface area contributed by atoms with Crippen LogP contribution >= 0.6 is 11.8 Å². The Morgan fingerprint density at radius 2 is 2.03 bits per heavy atom. The van der Waals surface area contributed by atoms with Crippen molar-refractivity contribution in [2.45, 2.75) is 58.0 Å². The molecule has 4 rings (SSSR count). The molecular weight excluding hydrogens is 386 g/mol. The first-order valence-corrected chi connectivity index (χ1v) is 13.2. The van der Waals surface area contributed by atoms with Crippen molar-refractivity contribution in [3.05, 3.63) is 59.2 Å². The Morgan fingerprint density at radius 3 is 2.87 bits per heavy atom. The SMILES string of the molecule is Cc1cccc(CCC=C[C@@H]2[C@H]3CC(CCSCCN4CCCC4)=C[C@H]3C[C@H]2O)c1. The second kappa shape index (κ2) is 11.0. The van der Waals surface area contributed by atoms with Gasteiger partial charge in [0.15, 0.2) is 0 Å². The molecule has 4 atom stereocenters. The van der Waals surface area contributed by atoms with Gasteiger partial charge in [-0.05, 0) is 88.1 Å². The van der Waals surface area contributed by atoms with Gasteiger partial charge in [0.1, 0.15) is 0 Å². The van der Waals surface area contributed by atoms with Crippen LogP contribution in [0.25, 0.3) is 0 Å². The Hall–Kier alpha value is -1.03. The number of hydrogen-bond donors (Lipinski definition) is 1. The summed E-state index contributed by atoms with van der Waals surface area (Å²) in [5.41, 5.74) is 4.41. The molecule has 0 amide bonds. The normalized spacial score (nSPS) is 29.1. The monoisotopic (exact) mass is 425 g/mol. The second-order valence-corrected chi connectivity index (χ2v) is 10.8. The minimum Gasteiger partial charge on any atom is -0.392 e. The molecule has 0 spiro atoms. The summed E-state index contributed by atoms with van der Waals surface area (Å²) >= 11 is 2.13. The van der Waals surface area contributed by atoms with Gasteiger partial charge in [-0.3, -0.25) is 0 Å². The maximum Gasteiger partial charge on any atom is 0.0611 e. The van der Waals surface area contributed by atoms with Gasteiger partial charge in [0.05, 0.1) is 6.10 Å². The lowest BCUT2D eigenvalue weighted by Gasteiger charge is -2.18. The van der Waals surface area contributed by atoms with Gasteiger partial charge in [-0.1, -0.05) is 53.6 Å². The Balaban J connectivity index is 1.17. The largest absolute Gasteiger partial charge is 0.392 e. The maximum atomic E-state index is 10.6. The van der Waals surface area contributed by atoms with Crippen molar-refractivity contribution in [1.82, 2.24) is 4.90 Å². The molecule has 164 valence electrons. The fraction of sp³-hybridized carbons (Fsp3) is 0.630. The molecule has 1 aliphatic heterocycles. The lowest BCUT2D eigenvalue weighted by atomic mass is 9.89. The van der Waals surface area contributed by atoms with Gasteiger partial charge in [-0.25, -0.2) is 0 Å². The van der Waals surface area contributed by atoms with Crippen molar-refractivity contribution in [3.8, 4) is 0 Å². The standard InChI is InChI=1S/C27H39NOS/c1-21-7-6-9-22(17-21)8-2-3-10-25-26-19-23(18-24(26)20-27(25)29)11-15-30-16-14-28-12-4-5-13-28/h3,6-7,9-10,17-18,24-27,29H,2,4-5,8,11-16,19-20H2,1H3/t24-,25+,26-,27+/m0/s1. The Bertz CT molecular complexity index is 736. The molecular formula is C27H39NOS. The lowest BCUT2D eigenvalue weighted by Crippen LogP contribution is -2.22. The van der Waals surface area contributed by atoms with Gasteiger partial charge in [0.2, 0.25) is 0 Å². The van der Waals surface area contributed by atoms with Crippen LogP contribution in [0.2, 0.25) is 0 Å². The van der Waals surface area contributed by atoms with E-state index in [1.807, 2.05) is 0 Å². The molecule has 1 saturated heterocycles. The third kappa shape index (κ3) is 6.02. The molecule has 0 aromatic heterocycles. The summed E-state index contributed by atoms with van der Waals surface area (Å²) in [6.45, 7) is 6.07. The van der Waals surface area contributed by atoms with E-state index in [4.69, 9.17) is 0 Å². The second-order valence-electron chi connectivity index (χ2n) is 9.60. The lowest BCUT2D eigenvalue weighted by molar-refractivity contribution is 0.141. The van der Waals surface area contributed by atoms with E-state index in [-0.39, 0.29) is 6.10 Å². The van der Waals surface area contributed by atoms with E-state index in [1.54, 1.807) is 5.57 Å². The molecule has 2 fully saturated rings. The number of hydrogen-bond acceptors (Lipinski definition) is 3. The van der Waals surface area contributed by atoms with Crippen LogP contribution in [0, 0.1) is 24.7 Å². The Kier molecular flexibility index (Phi) is 8.14. The summed E-state index contributed by atoms with van der Waals surface area (Å²) in [6, 6.07) is 8.81. The minimum atomic E-state index is -0.150. The number of fused-ring (bicyclic) bond motifs is 1. The number of aliphatic hydroxyl groups is 1. The van der Waals surface area contributed by atoms with Crippen LogP contribution in [0.15, 0.2) is 48.1 Å². The highest BCUT2D eigenvalue weighted by Crippen LogP contribution is 2.48. The van der Waals surface area contributed by atoms with E-state index in [1.165, 1.54) is 68.0 Å². The van der Waals surface area contributed by atoms with Crippen LogP contribution in [0.5, 0.6) is 0 Å². The van der Waals surface area contributed by atoms with E-state index in [0.29, 0.717) is 17.8 Å². The van der Waals surface area contributed by atoms with E-state index in [0.717, 1.165) is 19.3 Å². The summed E-state index contributed by atoms with van der Waals surface area (Å²) in [5.74, 6) is 4.14. The highest BCUT2D eigenvalue weighted by atomic mass is 32.2. The summed E-state index contributed by atoms with van der Waals surface area (Å²) in [6.07, 6.45) is 15.4. The molecule has 1 saturated carbocycles. The number of allylic oxidation sites excluding steroid dienone is 3. The van der Waals surface area contributed by atoms with E-state index in [9.17, 15) is 5.11 Å². The van der Waals surface area contributed by atoms with Gasteiger partial charge in [0, 0.05) is 18.2 Å². The summed E-state index contributed by atoms with van der Waals surface area (Å²) in [7, 11) is 0. The molecule has 2 nitrogen and oxygen atoms in total. The smallest absolute Gasteiger partial charge is 0.0611 e. The van der Waals surface area contributed by atoms with Crippen LogP contribution in [0.1, 0.15) is 49.7 Å². The summed E-state index contributed by atoms with van der Waals surface area (Å²) in [5, 5.41) is 10.6. The molecule has 1 aromatic carbocycles. The average molecular weight is 426 g/mol. The quantitative estimate of drug-likeness (QED) is 0.387. The van der Waals surface area contributed by atoms with Gasteiger partial charge >= 0.3 is 0 Å². The summed E-state index contributed by atoms with van der Waals surface area (Å²) < 4.78 is 0. The van der Waals surface area contributed by atoms with Gasteiger partial charge < -0.3 is 10.0 Å². The molecule has 0 bridgehead atoms. The molecule has 1 heterocycles. The van der Waals surface area contributed by atoms with E-state index < -0.39 is 0 Å². The number of aryl methyl sites for hydroxylation is 2. The zero-order valence-electron chi connectivity index (χ0n) is 18.6. The maximum absolute atomic E-state index is 10.6.